The van der Waals surface area contributed by atoms with Gasteiger partial charge in [0.15, 0.2) is 0 Å². The molecule has 1 heterocycles. The molecule has 1 aromatic heterocycles. The maximum atomic E-state index is 12.0. The van der Waals surface area contributed by atoms with Crippen molar-refractivity contribution in [2.24, 2.45) is 11.7 Å². The fourth-order valence-corrected chi connectivity index (χ4v) is 3.49. The van der Waals surface area contributed by atoms with Crippen LogP contribution in [0.1, 0.15) is 28.9 Å². The molecule has 3 nitrogen and oxygen atoms in total. The van der Waals surface area contributed by atoms with Gasteiger partial charge in [-0.25, -0.2) is 0 Å². The predicted octanol–water partition coefficient (Wildman–Crippen LogP) is 2.59. The number of amides is 1. The van der Waals surface area contributed by atoms with E-state index >= 15 is 0 Å². The van der Waals surface area contributed by atoms with Crippen LogP contribution >= 0.6 is 35.2 Å². The highest BCUT2D eigenvalue weighted by atomic mass is 35.5. The normalized spacial score (nSPS) is 23.6. The van der Waals surface area contributed by atoms with E-state index in [2.05, 4.69) is 5.32 Å². The minimum atomic E-state index is -0.127. The molecule has 2 unspecified atom stereocenters. The van der Waals surface area contributed by atoms with E-state index in [-0.39, 0.29) is 17.9 Å². The van der Waals surface area contributed by atoms with Crippen molar-refractivity contribution in [3.63, 3.8) is 0 Å². The zero-order valence-electron chi connectivity index (χ0n) is 9.11. The summed E-state index contributed by atoms with van der Waals surface area (Å²) in [6.45, 7) is 0. The molecule has 3 N–H and O–H groups in total. The van der Waals surface area contributed by atoms with Gasteiger partial charge in [0.2, 0.25) is 0 Å². The summed E-state index contributed by atoms with van der Waals surface area (Å²) in [6.07, 6.45) is 2.93. The van der Waals surface area contributed by atoms with Crippen LogP contribution in [0.25, 0.3) is 0 Å². The van der Waals surface area contributed by atoms with Gasteiger partial charge in [-0.1, -0.05) is 30.2 Å². The molecule has 1 aliphatic rings. The van der Waals surface area contributed by atoms with E-state index in [4.69, 9.17) is 29.6 Å². The Labute approximate surface area is 114 Å². The topological polar surface area (TPSA) is 55.1 Å². The van der Waals surface area contributed by atoms with Gasteiger partial charge in [0.1, 0.15) is 4.88 Å². The number of rotatable bonds is 3. The Hall–Kier alpha value is -0.650. The number of hydrogen-bond donors (Lipinski definition) is 2. The predicted molar refractivity (Wildman–Crippen MR) is 74.7 cm³/mol. The van der Waals surface area contributed by atoms with E-state index in [0.29, 0.717) is 14.9 Å². The molecule has 0 aliphatic heterocycles. The van der Waals surface area contributed by atoms with Crippen LogP contribution in [-0.4, -0.2) is 16.9 Å². The van der Waals surface area contributed by atoms with Crippen LogP contribution in [0.15, 0.2) is 11.4 Å². The van der Waals surface area contributed by atoms with Crippen LogP contribution in [0.4, 0.5) is 0 Å². The summed E-state index contributed by atoms with van der Waals surface area (Å²) >= 11 is 12.3. The van der Waals surface area contributed by atoms with Crippen LogP contribution in [0.2, 0.25) is 5.02 Å². The summed E-state index contributed by atoms with van der Waals surface area (Å²) in [4.78, 5) is 13.0. The maximum absolute atomic E-state index is 12.0. The third-order valence-electron chi connectivity index (χ3n) is 3.02. The van der Waals surface area contributed by atoms with Crippen LogP contribution in [0.5, 0.6) is 0 Å². The minimum absolute atomic E-state index is 0.0539. The van der Waals surface area contributed by atoms with Gasteiger partial charge in [-0.15, -0.1) is 11.3 Å². The smallest absolute Gasteiger partial charge is 0.263 e. The van der Waals surface area contributed by atoms with Crippen molar-refractivity contribution in [3.05, 3.63) is 21.3 Å². The number of nitrogens with one attached hydrogen (secondary N) is 1. The first-order valence-electron chi connectivity index (χ1n) is 5.42. The van der Waals surface area contributed by atoms with Crippen molar-refractivity contribution in [1.29, 1.82) is 0 Å². The second-order valence-electron chi connectivity index (χ2n) is 4.12. The number of carbonyl (C=O) groups is 1. The molecule has 1 fully saturated rings. The highest BCUT2D eigenvalue weighted by molar-refractivity contribution is 7.80. The first kappa shape index (κ1) is 12.8. The zero-order chi connectivity index (χ0) is 12.4. The van der Waals surface area contributed by atoms with E-state index in [1.54, 1.807) is 11.4 Å². The summed E-state index contributed by atoms with van der Waals surface area (Å²) in [5.41, 5.74) is 5.67. The van der Waals surface area contributed by atoms with Gasteiger partial charge in [-0.05, 0) is 24.3 Å². The molecule has 1 aromatic rings. The highest BCUT2D eigenvalue weighted by Crippen LogP contribution is 2.27. The van der Waals surface area contributed by atoms with Gasteiger partial charge >= 0.3 is 0 Å². The van der Waals surface area contributed by atoms with Gasteiger partial charge in [-0.3, -0.25) is 4.79 Å². The molecular formula is C11H13ClN2OS2. The Morgan fingerprint density at radius 1 is 1.59 bits per heavy atom. The quantitative estimate of drug-likeness (QED) is 0.841. The summed E-state index contributed by atoms with van der Waals surface area (Å²) in [6, 6.07) is 1.78. The lowest BCUT2D eigenvalue weighted by molar-refractivity contribution is 0.0938. The Balaban J connectivity index is 2.04. The average molecular weight is 289 g/mol. The number of halogens is 1. The molecule has 1 amide bonds. The van der Waals surface area contributed by atoms with E-state index in [1.807, 2.05) is 0 Å². The van der Waals surface area contributed by atoms with Crippen molar-refractivity contribution < 1.29 is 4.79 Å². The SMILES string of the molecule is NC(=S)C1CCCC1NC(=O)c1sccc1Cl. The monoisotopic (exact) mass is 288 g/mol. The molecule has 0 radical (unpaired) electrons. The molecule has 0 bridgehead atoms. The van der Waals surface area contributed by atoms with Gasteiger partial charge < -0.3 is 11.1 Å². The summed E-state index contributed by atoms with van der Waals surface area (Å²) in [5.74, 6) is -0.00848. The fourth-order valence-electron chi connectivity index (χ4n) is 2.16. The lowest BCUT2D eigenvalue weighted by atomic mass is 10.0. The molecule has 0 aromatic carbocycles. The van der Waals surface area contributed by atoms with Gasteiger partial charge in [0, 0.05) is 12.0 Å². The maximum Gasteiger partial charge on any atom is 0.263 e. The van der Waals surface area contributed by atoms with Crippen molar-refractivity contribution in [3.8, 4) is 0 Å². The number of hydrogen-bond acceptors (Lipinski definition) is 3. The molecule has 17 heavy (non-hydrogen) atoms. The second-order valence-corrected chi connectivity index (χ2v) is 5.91. The molecular weight excluding hydrogens is 276 g/mol. The van der Waals surface area contributed by atoms with Crippen molar-refractivity contribution in [1.82, 2.24) is 5.32 Å². The molecule has 1 aliphatic carbocycles. The highest BCUT2D eigenvalue weighted by Gasteiger charge is 2.31. The van der Waals surface area contributed by atoms with Crippen molar-refractivity contribution >= 4 is 46.1 Å². The zero-order valence-corrected chi connectivity index (χ0v) is 11.5. The Kier molecular flexibility index (Phi) is 4.01. The minimum Gasteiger partial charge on any atom is -0.393 e. The number of carbonyl (C=O) groups excluding carboxylic acids is 1. The van der Waals surface area contributed by atoms with Gasteiger partial charge in [0.25, 0.3) is 5.91 Å². The summed E-state index contributed by atoms with van der Waals surface area (Å²) < 4.78 is 0. The van der Waals surface area contributed by atoms with Crippen molar-refractivity contribution in [2.45, 2.75) is 25.3 Å². The molecule has 0 spiro atoms. The van der Waals surface area contributed by atoms with Gasteiger partial charge in [-0.2, -0.15) is 0 Å². The standard InChI is InChI=1S/C11H13ClN2OS2/c12-7-4-5-17-9(7)11(15)14-8-3-1-2-6(8)10(13)16/h4-6,8H,1-3H2,(H2,13,16)(H,14,15). The Morgan fingerprint density at radius 3 is 2.94 bits per heavy atom. The Morgan fingerprint density at radius 2 is 2.35 bits per heavy atom. The largest absolute Gasteiger partial charge is 0.393 e. The molecule has 2 rings (SSSR count). The third-order valence-corrected chi connectivity index (χ3v) is 4.66. The fraction of sp³-hybridized carbons (Fsp3) is 0.455. The van der Waals surface area contributed by atoms with Crippen LogP contribution in [-0.2, 0) is 0 Å². The lowest BCUT2D eigenvalue weighted by Crippen LogP contribution is -2.41. The molecule has 6 heteroatoms. The van der Waals surface area contributed by atoms with E-state index in [9.17, 15) is 4.79 Å². The lowest BCUT2D eigenvalue weighted by Gasteiger charge is -2.19. The van der Waals surface area contributed by atoms with E-state index in [1.165, 1.54) is 11.3 Å². The second kappa shape index (κ2) is 5.33. The van der Waals surface area contributed by atoms with Crippen LogP contribution < -0.4 is 11.1 Å². The number of thiophene rings is 1. The molecule has 2 atom stereocenters. The van der Waals surface area contributed by atoms with Crippen LogP contribution in [0.3, 0.4) is 0 Å². The molecule has 1 saturated carbocycles. The third kappa shape index (κ3) is 2.78. The molecule has 0 saturated heterocycles. The van der Waals surface area contributed by atoms with Crippen molar-refractivity contribution in [2.75, 3.05) is 0 Å². The molecule has 92 valence electrons. The first-order valence-corrected chi connectivity index (χ1v) is 7.09. The first-order chi connectivity index (χ1) is 8.09. The summed E-state index contributed by atoms with van der Waals surface area (Å²) in [7, 11) is 0. The van der Waals surface area contributed by atoms with E-state index < -0.39 is 0 Å². The Bertz CT molecular complexity index is 446. The summed E-state index contributed by atoms with van der Waals surface area (Å²) in [5, 5.41) is 5.27. The van der Waals surface area contributed by atoms with E-state index in [0.717, 1.165) is 19.3 Å². The van der Waals surface area contributed by atoms with Crippen LogP contribution in [0, 0.1) is 5.92 Å². The number of thiocarbonyl (C=S) groups is 1. The number of nitrogens with two attached hydrogens (primary N) is 1. The van der Waals surface area contributed by atoms with Gasteiger partial charge in [0.05, 0.1) is 10.0 Å². The average Bonchev–Trinajstić information content (AvgIpc) is 2.86.